The second-order valence-electron chi connectivity index (χ2n) is 8.12. The minimum Gasteiger partial charge on any atom is -0.355 e. The quantitative estimate of drug-likeness (QED) is 0.543. The third-order valence-electron chi connectivity index (χ3n) is 5.48. The number of aryl methyl sites for hydroxylation is 2. The average Bonchev–Trinajstić information content (AvgIpc) is 2.76. The third-order valence-corrected chi connectivity index (χ3v) is 6.62. The average molecular weight is 474 g/mol. The molecule has 1 unspecified atom stereocenters. The van der Waals surface area contributed by atoms with Gasteiger partial charge in [0.25, 0.3) is 0 Å². The van der Waals surface area contributed by atoms with E-state index in [0.717, 1.165) is 33.7 Å². The van der Waals surface area contributed by atoms with Crippen LogP contribution in [0, 0.1) is 6.92 Å². The maximum absolute atomic E-state index is 13.5. The highest BCUT2D eigenvalue weighted by Crippen LogP contribution is 2.21. The number of anilines is 1. The summed E-state index contributed by atoms with van der Waals surface area (Å²) in [6.45, 7) is 7.91. The highest BCUT2D eigenvalue weighted by atomic mass is 32.2. The van der Waals surface area contributed by atoms with Gasteiger partial charge in [-0.25, -0.2) is 8.42 Å². The molecule has 0 radical (unpaired) electrons. The third kappa shape index (κ3) is 7.32. The summed E-state index contributed by atoms with van der Waals surface area (Å²) in [4.78, 5) is 27.8. The number of hydrogen-bond acceptors (Lipinski definition) is 4. The van der Waals surface area contributed by atoms with E-state index in [4.69, 9.17) is 0 Å². The number of sulfonamides is 1. The molecule has 2 aromatic rings. The van der Waals surface area contributed by atoms with E-state index < -0.39 is 22.0 Å². The number of carbonyl (C=O) groups excluding carboxylic acids is 2. The van der Waals surface area contributed by atoms with Gasteiger partial charge < -0.3 is 10.2 Å². The number of amides is 2. The fourth-order valence-electron chi connectivity index (χ4n) is 3.73. The first-order chi connectivity index (χ1) is 15.6. The highest BCUT2D eigenvalue weighted by Gasteiger charge is 2.31. The largest absolute Gasteiger partial charge is 0.355 e. The molecule has 8 heteroatoms. The molecule has 0 heterocycles. The van der Waals surface area contributed by atoms with Crippen molar-refractivity contribution in [1.82, 2.24) is 10.2 Å². The first-order valence-electron chi connectivity index (χ1n) is 11.3. The Bertz CT molecular complexity index is 1050. The lowest BCUT2D eigenvalue weighted by atomic mass is 10.1. The first kappa shape index (κ1) is 26.4. The van der Waals surface area contributed by atoms with Crippen molar-refractivity contribution in [2.45, 2.75) is 53.1 Å². The molecule has 2 rings (SSSR count). The number of likely N-dealkylation sites (N-methyl/N-ethyl adjacent to an activating group) is 1. The number of rotatable bonds is 11. The monoisotopic (exact) mass is 473 g/mol. The molecule has 0 aromatic heterocycles. The molecule has 1 atom stereocenters. The van der Waals surface area contributed by atoms with Crippen LogP contribution in [0.2, 0.25) is 0 Å². The molecule has 0 aliphatic heterocycles. The predicted octanol–water partition coefficient (Wildman–Crippen LogP) is 3.27. The zero-order valence-corrected chi connectivity index (χ0v) is 21.0. The van der Waals surface area contributed by atoms with Gasteiger partial charge in [0, 0.05) is 13.1 Å². The van der Waals surface area contributed by atoms with Crippen molar-refractivity contribution < 1.29 is 18.0 Å². The normalized spacial score (nSPS) is 12.2. The summed E-state index contributed by atoms with van der Waals surface area (Å²) in [5.74, 6) is -0.682. The Kier molecular flexibility index (Phi) is 9.46. The molecule has 0 spiro atoms. The van der Waals surface area contributed by atoms with Crippen molar-refractivity contribution in [3.05, 3.63) is 65.2 Å². The Morgan fingerprint density at radius 2 is 1.67 bits per heavy atom. The number of nitrogens with one attached hydrogen (secondary N) is 1. The number of benzene rings is 2. The molecule has 7 nitrogen and oxygen atoms in total. The van der Waals surface area contributed by atoms with Gasteiger partial charge in [0.05, 0.1) is 11.9 Å². The molecule has 0 fully saturated rings. The van der Waals surface area contributed by atoms with E-state index in [1.807, 2.05) is 64.1 Å². The van der Waals surface area contributed by atoms with Crippen LogP contribution in [-0.2, 0) is 32.6 Å². The van der Waals surface area contributed by atoms with Crippen LogP contribution in [0.4, 0.5) is 5.69 Å². The second-order valence-corrected chi connectivity index (χ2v) is 10.0. The van der Waals surface area contributed by atoms with Gasteiger partial charge >= 0.3 is 0 Å². The van der Waals surface area contributed by atoms with Crippen molar-refractivity contribution in [2.24, 2.45) is 0 Å². The van der Waals surface area contributed by atoms with Crippen LogP contribution in [0.15, 0.2) is 48.5 Å². The Labute approximate surface area is 197 Å². The molecular weight excluding hydrogens is 438 g/mol. The molecule has 0 aliphatic carbocycles. The Morgan fingerprint density at radius 3 is 2.18 bits per heavy atom. The smallest absolute Gasteiger partial charge is 0.244 e. The predicted molar refractivity (Wildman–Crippen MR) is 133 cm³/mol. The van der Waals surface area contributed by atoms with Gasteiger partial charge in [-0.1, -0.05) is 55.8 Å². The van der Waals surface area contributed by atoms with Crippen molar-refractivity contribution in [1.29, 1.82) is 0 Å². The SMILES string of the molecule is CCNC(=O)C(CC)N(Cc1cccc(C)c1)C(=O)CN(c1ccc(CC)cc1)S(C)(=O)=O. The van der Waals surface area contributed by atoms with E-state index in [0.29, 0.717) is 18.7 Å². The fourth-order valence-corrected chi connectivity index (χ4v) is 4.58. The lowest BCUT2D eigenvalue weighted by molar-refractivity contribution is -0.140. The van der Waals surface area contributed by atoms with Crippen LogP contribution in [-0.4, -0.2) is 50.5 Å². The Morgan fingerprint density at radius 1 is 1.00 bits per heavy atom. The van der Waals surface area contributed by atoms with Crippen LogP contribution < -0.4 is 9.62 Å². The van der Waals surface area contributed by atoms with Gasteiger partial charge in [0.1, 0.15) is 12.6 Å². The molecule has 2 amide bonds. The van der Waals surface area contributed by atoms with Gasteiger partial charge in [-0.3, -0.25) is 13.9 Å². The molecule has 0 aliphatic rings. The zero-order valence-electron chi connectivity index (χ0n) is 20.2. The number of hydrogen-bond donors (Lipinski definition) is 1. The molecule has 1 N–H and O–H groups in total. The van der Waals surface area contributed by atoms with Gasteiger partial charge in [0.15, 0.2) is 0 Å². The summed E-state index contributed by atoms with van der Waals surface area (Å²) in [5, 5.41) is 2.79. The zero-order chi connectivity index (χ0) is 24.6. The molecule has 2 aromatic carbocycles. The standard InChI is InChI=1S/C25H35N3O4S/c1-6-20-12-14-22(15-13-20)28(33(5,31)32)18-24(29)27(23(7-2)25(30)26-8-3)17-21-11-9-10-19(4)16-21/h9-16,23H,6-8,17-18H2,1-5H3,(H,26,30). The molecule has 33 heavy (non-hydrogen) atoms. The molecule has 0 bridgehead atoms. The van der Waals surface area contributed by atoms with Crippen molar-refractivity contribution >= 4 is 27.5 Å². The molecular formula is C25H35N3O4S. The highest BCUT2D eigenvalue weighted by molar-refractivity contribution is 7.92. The van der Waals surface area contributed by atoms with E-state index in [-0.39, 0.29) is 19.0 Å². The van der Waals surface area contributed by atoms with E-state index in [1.165, 1.54) is 4.90 Å². The minimum atomic E-state index is -3.72. The van der Waals surface area contributed by atoms with Crippen LogP contribution in [0.5, 0.6) is 0 Å². The van der Waals surface area contributed by atoms with Gasteiger partial charge in [-0.2, -0.15) is 0 Å². The van der Waals surface area contributed by atoms with E-state index in [1.54, 1.807) is 12.1 Å². The minimum absolute atomic E-state index is 0.211. The van der Waals surface area contributed by atoms with Crippen molar-refractivity contribution in [3.63, 3.8) is 0 Å². The lowest BCUT2D eigenvalue weighted by Gasteiger charge is -2.33. The topological polar surface area (TPSA) is 86.8 Å². The summed E-state index contributed by atoms with van der Waals surface area (Å²) in [7, 11) is -3.72. The summed E-state index contributed by atoms with van der Waals surface area (Å²) >= 11 is 0. The number of nitrogens with zero attached hydrogens (tertiary/aromatic N) is 2. The van der Waals surface area contributed by atoms with E-state index in [9.17, 15) is 18.0 Å². The summed E-state index contributed by atoms with van der Waals surface area (Å²) in [6.07, 6.45) is 2.32. The van der Waals surface area contributed by atoms with E-state index >= 15 is 0 Å². The van der Waals surface area contributed by atoms with Gasteiger partial charge in [-0.05, 0) is 49.9 Å². The number of carbonyl (C=O) groups is 2. The van der Waals surface area contributed by atoms with Gasteiger partial charge in [-0.15, -0.1) is 0 Å². The Balaban J connectivity index is 2.41. The summed E-state index contributed by atoms with van der Waals surface area (Å²) in [5.41, 5.74) is 3.41. The maximum atomic E-state index is 13.5. The summed E-state index contributed by atoms with van der Waals surface area (Å²) < 4.78 is 26.3. The van der Waals surface area contributed by atoms with Crippen molar-refractivity contribution in [2.75, 3.05) is 23.7 Å². The lowest BCUT2D eigenvalue weighted by Crippen LogP contribution is -2.52. The van der Waals surface area contributed by atoms with Crippen LogP contribution in [0.25, 0.3) is 0 Å². The van der Waals surface area contributed by atoms with Crippen LogP contribution in [0.1, 0.15) is 43.9 Å². The van der Waals surface area contributed by atoms with E-state index in [2.05, 4.69) is 5.32 Å². The molecule has 0 saturated carbocycles. The van der Waals surface area contributed by atoms with Gasteiger partial charge in [0.2, 0.25) is 21.8 Å². The fraction of sp³-hybridized carbons (Fsp3) is 0.440. The molecule has 180 valence electrons. The summed E-state index contributed by atoms with van der Waals surface area (Å²) in [6, 6.07) is 14.1. The van der Waals surface area contributed by atoms with Crippen LogP contribution >= 0.6 is 0 Å². The van der Waals surface area contributed by atoms with Crippen LogP contribution in [0.3, 0.4) is 0 Å². The Hall–Kier alpha value is -2.87. The molecule has 0 saturated heterocycles. The second kappa shape index (κ2) is 11.8. The first-order valence-corrected chi connectivity index (χ1v) is 13.1. The maximum Gasteiger partial charge on any atom is 0.244 e. The van der Waals surface area contributed by atoms with Crippen molar-refractivity contribution in [3.8, 4) is 0 Å².